The van der Waals surface area contributed by atoms with Crippen LogP contribution in [0.2, 0.25) is 0 Å². The number of carbonyl (C=O) groups excluding carboxylic acids is 1. The van der Waals surface area contributed by atoms with E-state index in [9.17, 15) is 9.90 Å². The quantitative estimate of drug-likeness (QED) is 0.454. The lowest BCUT2D eigenvalue weighted by atomic mass is 9.83. The van der Waals surface area contributed by atoms with Crippen molar-refractivity contribution < 1.29 is 38.3 Å². The van der Waals surface area contributed by atoms with Crippen LogP contribution in [0.5, 0.6) is 28.7 Å². The summed E-state index contributed by atoms with van der Waals surface area (Å²) >= 11 is 0. The first kappa shape index (κ1) is 26.1. The third-order valence-corrected chi connectivity index (χ3v) is 5.57. The second-order valence-electron chi connectivity index (χ2n) is 7.64. The van der Waals surface area contributed by atoms with E-state index < -0.39 is 0 Å². The zero-order valence-electron chi connectivity index (χ0n) is 20.2. The molecule has 182 valence electrons. The summed E-state index contributed by atoms with van der Waals surface area (Å²) in [6, 6.07) is 9.40. The van der Waals surface area contributed by atoms with Crippen molar-refractivity contribution in [1.82, 2.24) is 0 Å². The molecule has 0 radical (unpaired) electrons. The molecule has 2 aromatic rings. The average Bonchev–Trinajstić information content (AvgIpc) is 2.83. The van der Waals surface area contributed by atoms with Crippen LogP contribution in [0.25, 0.3) is 0 Å². The number of ether oxygens (including phenoxy) is 6. The summed E-state index contributed by atoms with van der Waals surface area (Å²) in [6.07, 6.45) is 1.09. The van der Waals surface area contributed by atoms with Gasteiger partial charge in [0, 0.05) is 19.4 Å². The van der Waals surface area contributed by atoms with E-state index in [1.807, 2.05) is 30.3 Å². The molecule has 2 rings (SSSR count). The maximum absolute atomic E-state index is 11.5. The number of rotatable bonds is 13. The van der Waals surface area contributed by atoms with Gasteiger partial charge in [-0.15, -0.1) is 0 Å². The van der Waals surface area contributed by atoms with E-state index in [1.165, 1.54) is 6.92 Å². The lowest BCUT2D eigenvalue weighted by molar-refractivity contribution is -0.143. The Hall–Kier alpha value is -3.13. The van der Waals surface area contributed by atoms with Gasteiger partial charge < -0.3 is 33.5 Å². The van der Waals surface area contributed by atoms with E-state index in [4.69, 9.17) is 28.4 Å². The molecule has 0 aromatic heterocycles. The van der Waals surface area contributed by atoms with Gasteiger partial charge in [-0.1, -0.05) is 6.07 Å². The highest BCUT2D eigenvalue weighted by Crippen LogP contribution is 2.39. The normalized spacial score (nSPS) is 12.5. The molecule has 0 saturated carbocycles. The first-order chi connectivity index (χ1) is 15.9. The van der Waals surface area contributed by atoms with Crippen LogP contribution in [0, 0.1) is 11.8 Å². The Morgan fingerprint density at radius 1 is 0.758 bits per heavy atom. The van der Waals surface area contributed by atoms with Crippen molar-refractivity contribution in [3.8, 4) is 28.7 Å². The number of aliphatic hydroxyl groups excluding tert-OH is 1. The Bertz CT molecular complexity index is 886. The van der Waals surface area contributed by atoms with E-state index in [1.54, 1.807) is 35.5 Å². The fraction of sp³-hybridized carbons (Fsp3) is 0.480. The van der Waals surface area contributed by atoms with E-state index in [-0.39, 0.29) is 31.0 Å². The van der Waals surface area contributed by atoms with Crippen molar-refractivity contribution in [3.05, 3.63) is 41.5 Å². The van der Waals surface area contributed by atoms with Crippen LogP contribution >= 0.6 is 0 Å². The Morgan fingerprint density at radius 3 is 1.79 bits per heavy atom. The summed E-state index contributed by atoms with van der Waals surface area (Å²) in [7, 11) is 7.84. The van der Waals surface area contributed by atoms with Crippen molar-refractivity contribution in [2.75, 3.05) is 48.8 Å². The minimum atomic E-state index is -0.364. The third-order valence-electron chi connectivity index (χ3n) is 5.57. The number of hydrogen-bond donors (Lipinski definition) is 1. The van der Waals surface area contributed by atoms with Gasteiger partial charge in [-0.05, 0) is 54.2 Å². The first-order valence-electron chi connectivity index (χ1n) is 10.6. The predicted octanol–water partition coefficient (Wildman–Crippen LogP) is 3.30. The number of benzene rings is 2. The Kier molecular flexibility index (Phi) is 10.1. The highest BCUT2D eigenvalue weighted by Gasteiger charge is 2.25. The van der Waals surface area contributed by atoms with Gasteiger partial charge in [-0.2, -0.15) is 0 Å². The van der Waals surface area contributed by atoms with Gasteiger partial charge in [0.1, 0.15) is 0 Å². The standard InChI is InChI=1S/C25H34O8/c1-16(27)33-15-20(9-17-7-8-21(28-2)22(11-17)29-3)19(14-26)10-18-12-23(30-4)25(32-6)24(13-18)31-5/h7-8,11-13,19-20,26H,9-10,14-15H2,1-6H3. The molecule has 1 N–H and O–H groups in total. The molecular formula is C25H34O8. The maximum atomic E-state index is 11.5. The maximum Gasteiger partial charge on any atom is 0.302 e. The molecule has 0 aliphatic heterocycles. The van der Waals surface area contributed by atoms with E-state index in [0.717, 1.165) is 11.1 Å². The predicted molar refractivity (Wildman–Crippen MR) is 124 cm³/mol. The van der Waals surface area contributed by atoms with Crippen molar-refractivity contribution >= 4 is 5.97 Å². The summed E-state index contributed by atoms with van der Waals surface area (Å²) in [5, 5.41) is 10.3. The molecule has 0 aliphatic carbocycles. The van der Waals surface area contributed by atoms with Gasteiger partial charge in [0.25, 0.3) is 0 Å². The SMILES string of the molecule is COc1ccc(CC(COC(C)=O)C(CO)Cc2cc(OC)c(OC)c(OC)c2)cc1OC. The first-order valence-corrected chi connectivity index (χ1v) is 10.6. The summed E-state index contributed by atoms with van der Waals surface area (Å²) in [5.41, 5.74) is 1.89. The molecule has 8 heteroatoms. The van der Waals surface area contributed by atoms with E-state index >= 15 is 0 Å². The largest absolute Gasteiger partial charge is 0.493 e. The van der Waals surface area contributed by atoms with Gasteiger partial charge in [0.15, 0.2) is 23.0 Å². The van der Waals surface area contributed by atoms with Crippen LogP contribution in [0.3, 0.4) is 0 Å². The number of carbonyl (C=O) groups is 1. The molecule has 33 heavy (non-hydrogen) atoms. The van der Waals surface area contributed by atoms with E-state index in [2.05, 4.69) is 0 Å². The van der Waals surface area contributed by atoms with Gasteiger partial charge >= 0.3 is 5.97 Å². The van der Waals surface area contributed by atoms with Crippen molar-refractivity contribution in [3.63, 3.8) is 0 Å². The van der Waals surface area contributed by atoms with Crippen LogP contribution < -0.4 is 23.7 Å². The monoisotopic (exact) mass is 462 g/mol. The van der Waals surface area contributed by atoms with Crippen LogP contribution in [-0.4, -0.2) is 59.8 Å². The highest BCUT2D eigenvalue weighted by atomic mass is 16.5. The third kappa shape index (κ3) is 6.92. The van der Waals surface area contributed by atoms with Gasteiger partial charge in [-0.3, -0.25) is 4.79 Å². The molecule has 0 spiro atoms. The van der Waals surface area contributed by atoms with E-state index in [0.29, 0.717) is 41.6 Å². The fourth-order valence-electron chi connectivity index (χ4n) is 3.83. The zero-order chi connectivity index (χ0) is 24.4. The second-order valence-corrected chi connectivity index (χ2v) is 7.64. The van der Waals surface area contributed by atoms with Gasteiger partial charge in [0.05, 0.1) is 42.2 Å². The lowest BCUT2D eigenvalue weighted by Gasteiger charge is -2.26. The number of hydrogen-bond acceptors (Lipinski definition) is 8. The summed E-state index contributed by atoms with van der Waals surface area (Å²) in [5.74, 6) is 2.14. The number of aliphatic hydroxyl groups is 1. The summed E-state index contributed by atoms with van der Waals surface area (Å²) in [6.45, 7) is 1.47. The highest BCUT2D eigenvalue weighted by molar-refractivity contribution is 5.65. The minimum absolute atomic E-state index is 0.0874. The van der Waals surface area contributed by atoms with Crippen LogP contribution in [0.4, 0.5) is 0 Å². The molecule has 0 heterocycles. The van der Waals surface area contributed by atoms with Gasteiger partial charge in [-0.25, -0.2) is 0 Å². The fourth-order valence-corrected chi connectivity index (χ4v) is 3.83. The smallest absolute Gasteiger partial charge is 0.302 e. The molecular weight excluding hydrogens is 428 g/mol. The molecule has 0 amide bonds. The molecule has 0 aliphatic rings. The Labute approximate surface area is 195 Å². The molecule has 0 saturated heterocycles. The van der Waals surface area contributed by atoms with Crippen molar-refractivity contribution in [1.29, 1.82) is 0 Å². The lowest BCUT2D eigenvalue weighted by Crippen LogP contribution is -2.28. The summed E-state index contributed by atoms with van der Waals surface area (Å²) in [4.78, 5) is 11.5. The summed E-state index contributed by atoms with van der Waals surface area (Å²) < 4.78 is 32.4. The van der Waals surface area contributed by atoms with Crippen molar-refractivity contribution in [2.24, 2.45) is 11.8 Å². The topological polar surface area (TPSA) is 92.7 Å². The molecule has 2 atom stereocenters. The molecule has 8 nitrogen and oxygen atoms in total. The Morgan fingerprint density at radius 2 is 1.30 bits per heavy atom. The van der Waals surface area contributed by atoms with Crippen LogP contribution in [0.15, 0.2) is 30.3 Å². The van der Waals surface area contributed by atoms with Gasteiger partial charge in [0.2, 0.25) is 5.75 Å². The van der Waals surface area contributed by atoms with Crippen LogP contribution in [-0.2, 0) is 22.4 Å². The minimum Gasteiger partial charge on any atom is -0.493 e. The molecule has 0 bridgehead atoms. The second kappa shape index (κ2) is 12.8. The van der Waals surface area contributed by atoms with Crippen LogP contribution in [0.1, 0.15) is 18.1 Å². The average molecular weight is 463 g/mol. The molecule has 0 fully saturated rings. The number of methoxy groups -OCH3 is 5. The molecule has 2 aromatic carbocycles. The Balaban J connectivity index is 2.34. The zero-order valence-corrected chi connectivity index (χ0v) is 20.2. The van der Waals surface area contributed by atoms with Crippen molar-refractivity contribution in [2.45, 2.75) is 19.8 Å². The number of esters is 1. The molecule has 2 unspecified atom stereocenters.